The Morgan fingerprint density at radius 3 is 2.80 bits per heavy atom. The number of carbonyl (C=O) groups excluding carboxylic acids is 3. The molecule has 30 heavy (non-hydrogen) atoms. The number of esters is 1. The quantitative estimate of drug-likeness (QED) is 0.406. The van der Waals surface area contributed by atoms with Gasteiger partial charge in [0, 0.05) is 12.1 Å². The molecule has 1 heterocycles. The molecular weight excluding hydrogens is 418 g/mol. The summed E-state index contributed by atoms with van der Waals surface area (Å²) in [5, 5.41) is 15.9. The Morgan fingerprint density at radius 2 is 2.07 bits per heavy atom. The van der Waals surface area contributed by atoms with Gasteiger partial charge in [-0.1, -0.05) is 23.7 Å². The van der Waals surface area contributed by atoms with Crippen LogP contribution in [0.3, 0.4) is 0 Å². The number of halogens is 1. The zero-order valence-electron chi connectivity index (χ0n) is 15.6. The molecule has 2 atom stereocenters. The lowest BCUT2D eigenvalue weighted by Gasteiger charge is -2.25. The molecule has 2 amide bonds. The Morgan fingerprint density at radius 1 is 1.33 bits per heavy atom. The third-order valence-corrected chi connectivity index (χ3v) is 4.48. The average molecular weight is 434 g/mol. The van der Waals surface area contributed by atoms with Crippen LogP contribution in [0.2, 0.25) is 5.02 Å². The molecule has 2 N–H and O–H groups in total. The second kappa shape index (κ2) is 8.78. The van der Waals surface area contributed by atoms with E-state index in [1.807, 2.05) is 0 Å². The minimum absolute atomic E-state index is 0.00497. The molecule has 0 spiro atoms. The van der Waals surface area contributed by atoms with Crippen molar-refractivity contribution < 1.29 is 28.8 Å². The molecule has 0 fully saturated rings. The largest absolute Gasteiger partial charge is 0.478 e. The van der Waals surface area contributed by atoms with Crippen LogP contribution in [0, 0.1) is 10.1 Å². The predicted octanol–water partition coefficient (Wildman–Crippen LogP) is 2.91. The summed E-state index contributed by atoms with van der Waals surface area (Å²) in [5.74, 6) is -1.67. The number of anilines is 2. The summed E-state index contributed by atoms with van der Waals surface area (Å²) in [6.07, 6.45) is -2.75. The highest BCUT2D eigenvalue weighted by atomic mass is 35.5. The zero-order chi connectivity index (χ0) is 21.8. The Kier molecular flexibility index (Phi) is 6.17. The van der Waals surface area contributed by atoms with Gasteiger partial charge in [-0.2, -0.15) is 0 Å². The number of rotatable bonds is 6. The Hall–Kier alpha value is -3.66. The molecule has 3 rings (SSSR count). The van der Waals surface area contributed by atoms with Crippen molar-refractivity contribution in [2.75, 3.05) is 10.6 Å². The third kappa shape index (κ3) is 4.84. The van der Waals surface area contributed by atoms with Gasteiger partial charge in [0.2, 0.25) is 0 Å². The van der Waals surface area contributed by atoms with E-state index in [1.54, 1.807) is 24.3 Å². The van der Waals surface area contributed by atoms with Crippen molar-refractivity contribution in [3.8, 4) is 5.75 Å². The number of nitrogens with one attached hydrogen (secondary N) is 2. The number of nitro groups is 1. The molecular formula is C19H16ClN3O7. The second-order valence-corrected chi connectivity index (χ2v) is 6.75. The summed E-state index contributed by atoms with van der Waals surface area (Å²) in [6, 6.07) is 10.3. The number of para-hydroxylation sites is 2. The van der Waals surface area contributed by atoms with E-state index in [-0.39, 0.29) is 16.4 Å². The van der Waals surface area contributed by atoms with Crippen LogP contribution in [-0.4, -0.2) is 34.9 Å². The summed E-state index contributed by atoms with van der Waals surface area (Å²) in [6.45, 7) is 1.32. The number of ether oxygens (including phenoxy) is 2. The van der Waals surface area contributed by atoms with Gasteiger partial charge in [-0.15, -0.1) is 0 Å². The minimum Gasteiger partial charge on any atom is -0.478 e. The lowest BCUT2D eigenvalue weighted by atomic mass is 10.1. The van der Waals surface area contributed by atoms with Crippen LogP contribution in [0.5, 0.6) is 5.75 Å². The van der Waals surface area contributed by atoms with E-state index in [2.05, 4.69) is 10.6 Å². The van der Waals surface area contributed by atoms with Gasteiger partial charge in [-0.25, -0.2) is 0 Å². The third-order valence-electron chi connectivity index (χ3n) is 4.15. The SMILES string of the molecule is C[C@@H](OC(=O)C[C@H]1Oc2ccccc2NC1=O)C(=O)Nc1cc([N+](=O)[O-])ccc1Cl. The molecule has 0 saturated heterocycles. The van der Waals surface area contributed by atoms with E-state index in [9.17, 15) is 24.5 Å². The van der Waals surface area contributed by atoms with E-state index >= 15 is 0 Å². The van der Waals surface area contributed by atoms with Crippen LogP contribution in [-0.2, 0) is 19.1 Å². The molecule has 2 aromatic rings. The Labute approximate surface area is 175 Å². The van der Waals surface area contributed by atoms with Crippen molar-refractivity contribution in [2.45, 2.75) is 25.6 Å². The highest BCUT2D eigenvalue weighted by Crippen LogP contribution is 2.30. The van der Waals surface area contributed by atoms with Gasteiger partial charge >= 0.3 is 5.97 Å². The van der Waals surface area contributed by atoms with Gasteiger partial charge in [-0.05, 0) is 25.1 Å². The number of carbonyl (C=O) groups is 3. The lowest BCUT2D eigenvalue weighted by molar-refractivity contribution is -0.384. The first-order chi connectivity index (χ1) is 14.2. The monoisotopic (exact) mass is 433 g/mol. The molecule has 1 aliphatic rings. The van der Waals surface area contributed by atoms with Crippen LogP contribution in [0.15, 0.2) is 42.5 Å². The summed E-state index contributed by atoms with van der Waals surface area (Å²) in [5.41, 5.74) is 0.235. The minimum atomic E-state index is -1.24. The number of hydrogen-bond donors (Lipinski definition) is 2. The van der Waals surface area contributed by atoms with Gasteiger partial charge in [0.25, 0.3) is 17.5 Å². The fraction of sp³-hybridized carbons (Fsp3) is 0.211. The van der Waals surface area contributed by atoms with Crippen LogP contribution in [0.1, 0.15) is 13.3 Å². The maximum atomic E-state index is 12.3. The molecule has 2 aromatic carbocycles. The first-order valence-electron chi connectivity index (χ1n) is 8.75. The van der Waals surface area contributed by atoms with Gasteiger partial charge in [-0.3, -0.25) is 24.5 Å². The van der Waals surface area contributed by atoms with Crippen LogP contribution >= 0.6 is 11.6 Å². The second-order valence-electron chi connectivity index (χ2n) is 6.34. The number of non-ortho nitro benzene ring substituents is 1. The molecule has 156 valence electrons. The van der Waals surface area contributed by atoms with Crippen LogP contribution in [0.25, 0.3) is 0 Å². The molecule has 10 nitrogen and oxygen atoms in total. The predicted molar refractivity (Wildman–Crippen MR) is 106 cm³/mol. The van der Waals surface area contributed by atoms with E-state index in [0.717, 1.165) is 6.07 Å². The van der Waals surface area contributed by atoms with Gasteiger partial charge in [0.15, 0.2) is 12.2 Å². The maximum absolute atomic E-state index is 12.3. The zero-order valence-corrected chi connectivity index (χ0v) is 16.3. The smallest absolute Gasteiger partial charge is 0.310 e. The summed E-state index contributed by atoms with van der Waals surface area (Å²) in [7, 11) is 0. The van der Waals surface area contributed by atoms with Crippen molar-refractivity contribution in [3.63, 3.8) is 0 Å². The van der Waals surface area contributed by atoms with Crippen molar-refractivity contribution in [1.82, 2.24) is 0 Å². The highest BCUT2D eigenvalue weighted by Gasteiger charge is 2.31. The van der Waals surface area contributed by atoms with Crippen molar-refractivity contribution in [1.29, 1.82) is 0 Å². The standard InChI is InChI=1S/C19H16ClN3O7/c1-10(18(25)22-14-8-11(23(27)28)6-7-12(14)20)29-17(24)9-16-19(26)21-13-4-2-3-5-15(13)30-16/h2-8,10,16H,9H2,1H3,(H,21,26)(H,22,25)/t10-,16-/m1/s1. The molecule has 1 aliphatic heterocycles. The molecule has 0 unspecified atom stereocenters. The van der Waals surface area contributed by atoms with Gasteiger partial charge in [0.1, 0.15) is 5.75 Å². The molecule has 0 aliphatic carbocycles. The molecule has 0 bridgehead atoms. The summed E-state index contributed by atoms with van der Waals surface area (Å²) in [4.78, 5) is 46.8. The fourth-order valence-electron chi connectivity index (χ4n) is 2.63. The van der Waals surface area contributed by atoms with E-state index < -0.39 is 41.3 Å². The number of hydrogen-bond acceptors (Lipinski definition) is 7. The molecule has 0 radical (unpaired) electrons. The number of nitro benzene ring substituents is 1. The van der Waals surface area contributed by atoms with Crippen molar-refractivity contribution >= 4 is 46.4 Å². The molecule has 11 heteroatoms. The molecule has 0 saturated carbocycles. The van der Waals surface area contributed by atoms with E-state index in [0.29, 0.717) is 11.4 Å². The normalized spacial score (nSPS) is 15.8. The van der Waals surface area contributed by atoms with Crippen molar-refractivity contribution in [3.05, 3.63) is 57.6 Å². The highest BCUT2D eigenvalue weighted by molar-refractivity contribution is 6.33. The number of fused-ring (bicyclic) bond motifs is 1. The summed E-state index contributed by atoms with van der Waals surface area (Å²) >= 11 is 5.94. The van der Waals surface area contributed by atoms with Crippen molar-refractivity contribution in [2.24, 2.45) is 0 Å². The average Bonchev–Trinajstić information content (AvgIpc) is 2.69. The van der Waals surface area contributed by atoms with Gasteiger partial charge < -0.3 is 20.1 Å². The fourth-order valence-corrected chi connectivity index (χ4v) is 2.80. The lowest BCUT2D eigenvalue weighted by Crippen LogP contribution is -2.40. The number of amides is 2. The van der Waals surface area contributed by atoms with Crippen LogP contribution < -0.4 is 15.4 Å². The topological polar surface area (TPSA) is 137 Å². The van der Waals surface area contributed by atoms with E-state index in [1.165, 1.54) is 19.1 Å². The first-order valence-corrected chi connectivity index (χ1v) is 9.13. The summed E-state index contributed by atoms with van der Waals surface area (Å²) < 4.78 is 10.6. The first kappa shape index (κ1) is 21.1. The van der Waals surface area contributed by atoms with Gasteiger partial charge in [0.05, 0.1) is 27.7 Å². The van der Waals surface area contributed by atoms with Crippen LogP contribution in [0.4, 0.5) is 17.1 Å². The number of benzene rings is 2. The Bertz CT molecular complexity index is 1030. The molecule has 0 aromatic heterocycles. The van der Waals surface area contributed by atoms with E-state index in [4.69, 9.17) is 21.1 Å². The Balaban J connectivity index is 1.58. The number of nitrogens with zero attached hydrogens (tertiary/aromatic N) is 1. The maximum Gasteiger partial charge on any atom is 0.310 e.